The Hall–Kier alpha value is -3.54. The van der Waals surface area contributed by atoms with Crippen molar-refractivity contribution in [1.82, 2.24) is 9.97 Å². The molecular formula is C20H18N2O4. The third-order valence-electron chi connectivity index (χ3n) is 3.94. The van der Waals surface area contributed by atoms with Crippen molar-refractivity contribution in [2.45, 2.75) is 12.8 Å². The molecule has 0 bridgehead atoms. The van der Waals surface area contributed by atoms with Crippen LogP contribution in [0.2, 0.25) is 0 Å². The highest BCUT2D eigenvalue weighted by Crippen LogP contribution is 2.17. The van der Waals surface area contributed by atoms with Gasteiger partial charge >= 0.3 is 11.9 Å². The Labute approximate surface area is 149 Å². The number of carboxylic acid groups (broad SMARTS) is 2. The van der Waals surface area contributed by atoms with Crippen molar-refractivity contribution in [2.75, 3.05) is 0 Å². The fourth-order valence-corrected chi connectivity index (χ4v) is 2.83. The predicted octanol–water partition coefficient (Wildman–Crippen LogP) is 3.59. The molecule has 4 rings (SSSR count). The molecule has 6 heteroatoms. The van der Waals surface area contributed by atoms with Crippen LogP contribution in [0.3, 0.4) is 0 Å². The molecule has 0 atom stereocenters. The number of carbonyl (C=O) groups is 2. The molecule has 2 heterocycles. The molecule has 0 radical (unpaired) electrons. The minimum Gasteiger partial charge on any atom is -0.481 e. The van der Waals surface area contributed by atoms with E-state index in [1.807, 2.05) is 54.6 Å². The second kappa shape index (κ2) is 7.57. The number of H-pyrrole nitrogens is 2. The number of hydrogen-bond acceptors (Lipinski definition) is 2. The van der Waals surface area contributed by atoms with Crippen LogP contribution in [0.1, 0.15) is 11.3 Å². The maximum atomic E-state index is 10.5. The van der Waals surface area contributed by atoms with Gasteiger partial charge in [-0.1, -0.05) is 36.4 Å². The van der Waals surface area contributed by atoms with E-state index in [-0.39, 0.29) is 12.8 Å². The van der Waals surface area contributed by atoms with Crippen LogP contribution in [-0.4, -0.2) is 32.1 Å². The van der Waals surface area contributed by atoms with Gasteiger partial charge in [0.2, 0.25) is 0 Å². The Bertz CT molecular complexity index is 1020. The molecule has 6 nitrogen and oxygen atoms in total. The lowest BCUT2D eigenvalue weighted by Gasteiger charge is -1.92. The lowest BCUT2D eigenvalue weighted by Crippen LogP contribution is -1.99. The third kappa shape index (κ3) is 4.10. The summed E-state index contributed by atoms with van der Waals surface area (Å²) in [6.45, 7) is 0. The molecule has 0 spiro atoms. The monoisotopic (exact) mass is 350 g/mol. The van der Waals surface area contributed by atoms with Gasteiger partial charge < -0.3 is 20.2 Å². The molecule has 26 heavy (non-hydrogen) atoms. The van der Waals surface area contributed by atoms with E-state index in [9.17, 15) is 9.59 Å². The number of fused-ring (bicyclic) bond motifs is 2. The van der Waals surface area contributed by atoms with Gasteiger partial charge in [0, 0.05) is 28.3 Å². The average Bonchev–Trinajstić information content (AvgIpc) is 3.18. The van der Waals surface area contributed by atoms with Crippen molar-refractivity contribution >= 4 is 33.7 Å². The van der Waals surface area contributed by atoms with Gasteiger partial charge in [-0.25, -0.2) is 0 Å². The Morgan fingerprint density at radius 3 is 2.19 bits per heavy atom. The van der Waals surface area contributed by atoms with Gasteiger partial charge in [-0.2, -0.15) is 0 Å². The molecule has 132 valence electrons. The van der Waals surface area contributed by atoms with E-state index in [1.165, 1.54) is 0 Å². The van der Waals surface area contributed by atoms with Crippen LogP contribution in [0.15, 0.2) is 60.8 Å². The first-order chi connectivity index (χ1) is 12.5. The zero-order valence-corrected chi connectivity index (χ0v) is 13.9. The van der Waals surface area contributed by atoms with Crippen LogP contribution in [0.25, 0.3) is 21.8 Å². The van der Waals surface area contributed by atoms with Gasteiger partial charge in [-0.05, 0) is 29.1 Å². The molecule has 0 amide bonds. The summed E-state index contributed by atoms with van der Waals surface area (Å²) in [7, 11) is 0. The molecule has 0 fully saturated rings. The number of para-hydroxylation sites is 2. The lowest BCUT2D eigenvalue weighted by atomic mass is 10.1. The molecular weight excluding hydrogens is 332 g/mol. The molecule has 0 unspecified atom stereocenters. The van der Waals surface area contributed by atoms with Gasteiger partial charge in [0.1, 0.15) is 0 Å². The van der Waals surface area contributed by atoms with E-state index >= 15 is 0 Å². The molecule has 0 aliphatic heterocycles. The van der Waals surface area contributed by atoms with E-state index in [0.717, 1.165) is 33.1 Å². The van der Waals surface area contributed by atoms with Crippen LogP contribution in [0.5, 0.6) is 0 Å². The minimum atomic E-state index is -0.813. The van der Waals surface area contributed by atoms with Crippen LogP contribution < -0.4 is 0 Å². The Balaban J connectivity index is 0.000000151. The molecule has 0 aliphatic rings. The maximum Gasteiger partial charge on any atom is 0.309 e. The van der Waals surface area contributed by atoms with Crippen molar-refractivity contribution in [1.29, 1.82) is 0 Å². The predicted molar refractivity (Wildman–Crippen MR) is 99.3 cm³/mol. The SMILES string of the molecule is O=C(O)Cc1c[nH]c2ccccc12.O=C(O)Cc1cc2ccccc2[nH]1. The number of aliphatic carboxylic acids is 2. The van der Waals surface area contributed by atoms with Crippen molar-refractivity contribution in [3.05, 3.63) is 72.1 Å². The first kappa shape index (κ1) is 17.3. The van der Waals surface area contributed by atoms with Crippen molar-refractivity contribution in [2.24, 2.45) is 0 Å². The molecule has 0 saturated carbocycles. The van der Waals surface area contributed by atoms with E-state index < -0.39 is 11.9 Å². The van der Waals surface area contributed by atoms with Crippen LogP contribution >= 0.6 is 0 Å². The van der Waals surface area contributed by atoms with E-state index in [4.69, 9.17) is 10.2 Å². The van der Waals surface area contributed by atoms with Crippen molar-refractivity contribution in [3.63, 3.8) is 0 Å². The van der Waals surface area contributed by atoms with Crippen molar-refractivity contribution < 1.29 is 19.8 Å². The third-order valence-corrected chi connectivity index (χ3v) is 3.94. The molecule has 4 N–H and O–H groups in total. The van der Waals surface area contributed by atoms with Gasteiger partial charge in [-0.15, -0.1) is 0 Å². The van der Waals surface area contributed by atoms with Crippen LogP contribution in [0.4, 0.5) is 0 Å². The second-order valence-corrected chi connectivity index (χ2v) is 5.88. The standard InChI is InChI=1S/2C10H9NO2/c12-10(13)5-7-6-11-9-4-2-1-3-8(7)9;12-10(13)6-8-5-7-3-1-2-4-9(7)11-8/h1-4,6,11H,5H2,(H,12,13);1-5,11H,6H2,(H,12,13). The summed E-state index contributed by atoms with van der Waals surface area (Å²) in [5.74, 6) is -1.61. The second-order valence-electron chi connectivity index (χ2n) is 5.88. The van der Waals surface area contributed by atoms with E-state index in [1.54, 1.807) is 6.20 Å². The molecule has 2 aromatic heterocycles. The lowest BCUT2D eigenvalue weighted by molar-refractivity contribution is -0.137. The average molecular weight is 350 g/mol. The smallest absolute Gasteiger partial charge is 0.309 e. The van der Waals surface area contributed by atoms with Gasteiger partial charge in [0.15, 0.2) is 0 Å². The Kier molecular flexibility index (Phi) is 5.03. The molecule has 0 saturated heterocycles. The fraction of sp³-hybridized carbons (Fsp3) is 0.100. The largest absolute Gasteiger partial charge is 0.481 e. The normalized spacial score (nSPS) is 10.5. The van der Waals surface area contributed by atoms with Crippen LogP contribution in [0, 0.1) is 0 Å². The first-order valence-electron chi connectivity index (χ1n) is 8.08. The summed E-state index contributed by atoms with van der Waals surface area (Å²) in [6, 6.07) is 17.3. The summed E-state index contributed by atoms with van der Waals surface area (Å²) in [5.41, 5.74) is 3.55. The summed E-state index contributed by atoms with van der Waals surface area (Å²) in [5, 5.41) is 19.2. The highest BCUT2D eigenvalue weighted by Gasteiger charge is 2.06. The Morgan fingerprint density at radius 1 is 0.846 bits per heavy atom. The van der Waals surface area contributed by atoms with Gasteiger partial charge in [-0.3, -0.25) is 9.59 Å². The zero-order chi connectivity index (χ0) is 18.5. The number of hydrogen-bond donors (Lipinski definition) is 4. The summed E-state index contributed by atoms with van der Waals surface area (Å²) in [6.07, 6.45) is 1.87. The van der Waals surface area contributed by atoms with Crippen molar-refractivity contribution in [3.8, 4) is 0 Å². The highest BCUT2D eigenvalue weighted by atomic mass is 16.4. The number of nitrogens with one attached hydrogen (secondary N) is 2. The molecule has 0 aliphatic carbocycles. The molecule has 2 aromatic carbocycles. The quantitative estimate of drug-likeness (QED) is 0.451. The van der Waals surface area contributed by atoms with E-state index in [2.05, 4.69) is 9.97 Å². The minimum absolute atomic E-state index is 0.0503. The number of benzene rings is 2. The van der Waals surface area contributed by atoms with Gasteiger partial charge in [0.25, 0.3) is 0 Å². The van der Waals surface area contributed by atoms with Gasteiger partial charge in [0.05, 0.1) is 12.8 Å². The van der Waals surface area contributed by atoms with Crippen LogP contribution in [-0.2, 0) is 22.4 Å². The molecule has 4 aromatic rings. The summed E-state index contributed by atoms with van der Waals surface area (Å²) in [4.78, 5) is 27.0. The topological polar surface area (TPSA) is 106 Å². The number of aromatic amines is 2. The maximum absolute atomic E-state index is 10.5. The Morgan fingerprint density at radius 2 is 1.50 bits per heavy atom. The number of carboxylic acids is 2. The van der Waals surface area contributed by atoms with E-state index in [0.29, 0.717) is 0 Å². The summed E-state index contributed by atoms with van der Waals surface area (Å²) >= 11 is 0. The number of aromatic nitrogens is 2. The zero-order valence-electron chi connectivity index (χ0n) is 13.9. The fourth-order valence-electron chi connectivity index (χ4n) is 2.83. The number of rotatable bonds is 4. The summed E-state index contributed by atoms with van der Waals surface area (Å²) < 4.78 is 0. The first-order valence-corrected chi connectivity index (χ1v) is 8.08. The highest BCUT2D eigenvalue weighted by molar-refractivity contribution is 5.86.